The summed E-state index contributed by atoms with van der Waals surface area (Å²) in [5.41, 5.74) is 1.77. The lowest BCUT2D eigenvalue weighted by atomic mass is 10.2. The molecule has 106 valence electrons. The molecule has 0 aliphatic heterocycles. The van der Waals surface area contributed by atoms with Crippen molar-refractivity contribution in [2.45, 2.75) is 19.9 Å². The molecule has 0 amide bonds. The van der Waals surface area contributed by atoms with Gasteiger partial charge >= 0.3 is 0 Å². The molecule has 0 saturated heterocycles. The van der Waals surface area contributed by atoms with E-state index < -0.39 is 0 Å². The van der Waals surface area contributed by atoms with Crippen LogP contribution in [0.15, 0.2) is 36.9 Å². The number of nitrogens with one attached hydrogen (secondary N) is 2. The highest BCUT2D eigenvalue weighted by Crippen LogP contribution is 2.19. The van der Waals surface area contributed by atoms with Crippen molar-refractivity contribution in [3.05, 3.63) is 48.4 Å². The van der Waals surface area contributed by atoms with Gasteiger partial charge in [-0.25, -0.2) is 15.0 Å². The van der Waals surface area contributed by atoms with Crippen molar-refractivity contribution in [2.75, 3.05) is 5.32 Å². The van der Waals surface area contributed by atoms with Crippen LogP contribution in [-0.2, 0) is 0 Å². The number of aryl methyl sites for hydroxylation is 1. The van der Waals surface area contributed by atoms with Crippen molar-refractivity contribution in [1.82, 2.24) is 30.1 Å². The molecule has 0 spiro atoms. The summed E-state index contributed by atoms with van der Waals surface area (Å²) in [5.74, 6) is 2.15. The standard InChI is InChI=1S/C14H15N7/c1-9-6-12(19-10(2)13-16-8-17-21-13)20-14(18-9)11-4-3-5-15-7-11/h3-8,10H,1-2H3,(H,16,17,21)(H,18,19,20)/t10-/m0/s1. The Morgan fingerprint density at radius 1 is 1.29 bits per heavy atom. The Balaban J connectivity index is 1.88. The molecule has 1 atom stereocenters. The molecule has 21 heavy (non-hydrogen) atoms. The molecule has 0 aliphatic carbocycles. The lowest BCUT2D eigenvalue weighted by Gasteiger charge is -2.13. The molecule has 0 fully saturated rings. The Bertz CT molecular complexity index is 709. The second kappa shape index (κ2) is 5.66. The molecule has 0 bridgehead atoms. The minimum Gasteiger partial charge on any atom is -0.360 e. The number of anilines is 1. The first-order valence-electron chi connectivity index (χ1n) is 6.60. The highest BCUT2D eigenvalue weighted by Gasteiger charge is 2.11. The second-order valence-corrected chi connectivity index (χ2v) is 4.70. The Morgan fingerprint density at radius 3 is 2.90 bits per heavy atom. The number of nitrogens with zero attached hydrogens (tertiary/aromatic N) is 5. The largest absolute Gasteiger partial charge is 0.360 e. The van der Waals surface area contributed by atoms with Crippen LogP contribution >= 0.6 is 0 Å². The lowest BCUT2D eigenvalue weighted by Crippen LogP contribution is -2.10. The van der Waals surface area contributed by atoms with Crippen LogP contribution < -0.4 is 5.32 Å². The van der Waals surface area contributed by atoms with E-state index in [1.807, 2.05) is 32.0 Å². The molecule has 3 aromatic heterocycles. The molecule has 0 aliphatic rings. The molecule has 7 nitrogen and oxygen atoms in total. The van der Waals surface area contributed by atoms with Crippen molar-refractivity contribution in [2.24, 2.45) is 0 Å². The van der Waals surface area contributed by atoms with E-state index in [2.05, 4.69) is 35.5 Å². The summed E-state index contributed by atoms with van der Waals surface area (Å²) in [7, 11) is 0. The quantitative estimate of drug-likeness (QED) is 0.761. The van der Waals surface area contributed by atoms with Crippen molar-refractivity contribution in [3.8, 4) is 11.4 Å². The summed E-state index contributed by atoms with van der Waals surface area (Å²) >= 11 is 0. The number of pyridine rings is 1. The summed E-state index contributed by atoms with van der Waals surface area (Å²) in [5, 5.41) is 9.98. The number of rotatable bonds is 4. The van der Waals surface area contributed by atoms with E-state index in [-0.39, 0.29) is 6.04 Å². The minimum absolute atomic E-state index is 0.0245. The molecular weight excluding hydrogens is 266 g/mol. The van der Waals surface area contributed by atoms with Gasteiger partial charge in [-0.05, 0) is 26.0 Å². The van der Waals surface area contributed by atoms with Crippen molar-refractivity contribution in [3.63, 3.8) is 0 Å². The molecule has 3 heterocycles. The van der Waals surface area contributed by atoms with Crippen LogP contribution in [-0.4, -0.2) is 30.1 Å². The zero-order chi connectivity index (χ0) is 14.7. The maximum absolute atomic E-state index is 4.53. The fourth-order valence-electron chi connectivity index (χ4n) is 1.98. The van der Waals surface area contributed by atoms with Gasteiger partial charge in [0.1, 0.15) is 18.0 Å². The Morgan fingerprint density at radius 2 is 2.19 bits per heavy atom. The van der Waals surface area contributed by atoms with Crippen LogP contribution in [0.4, 0.5) is 5.82 Å². The van der Waals surface area contributed by atoms with E-state index in [9.17, 15) is 0 Å². The number of hydrogen-bond acceptors (Lipinski definition) is 6. The average Bonchev–Trinajstić information content (AvgIpc) is 3.02. The Labute approximate surface area is 121 Å². The smallest absolute Gasteiger partial charge is 0.163 e. The summed E-state index contributed by atoms with van der Waals surface area (Å²) in [6, 6.07) is 5.67. The first kappa shape index (κ1) is 13.2. The highest BCUT2D eigenvalue weighted by atomic mass is 15.2. The van der Waals surface area contributed by atoms with E-state index in [1.54, 1.807) is 12.4 Å². The minimum atomic E-state index is -0.0245. The molecule has 0 unspecified atom stereocenters. The summed E-state index contributed by atoms with van der Waals surface area (Å²) < 4.78 is 0. The first-order valence-corrected chi connectivity index (χ1v) is 6.60. The first-order chi connectivity index (χ1) is 10.2. The SMILES string of the molecule is Cc1cc(N[C@@H](C)c2ncn[nH]2)nc(-c2cccnc2)n1. The Kier molecular flexibility index (Phi) is 3.55. The third-order valence-corrected chi connectivity index (χ3v) is 2.98. The monoisotopic (exact) mass is 281 g/mol. The second-order valence-electron chi connectivity index (χ2n) is 4.70. The molecule has 0 radical (unpaired) electrons. The zero-order valence-corrected chi connectivity index (χ0v) is 11.8. The topological polar surface area (TPSA) is 92.3 Å². The third-order valence-electron chi connectivity index (χ3n) is 2.98. The Hall–Kier alpha value is -2.83. The van der Waals surface area contributed by atoms with Crippen molar-refractivity contribution >= 4 is 5.82 Å². The average molecular weight is 281 g/mol. The van der Waals surface area contributed by atoms with Gasteiger partial charge in [-0.15, -0.1) is 0 Å². The summed E-state index contributed by atoms with van der Waals surface area (Å²) in [6.45, 7) is 3.92. The van der Waals surface area contributed by atoms with Crippen molar-refractivity contribution < 1.29 is 0 Å². The van der Waals surface area contributed by atoms with Gasteiger partial charge in [0.05, 0.1) is 6.04 Å². The van der Waals surface area contributed by atoms with Gasteiger partial charge in [0.15, 0.2) is 5.82 Å². The van der Waals surface area contributed by atoms with Crippen LogP contribution in [0.25, 0.3) is 11.4 Å². The van der Waals surface area contributed by atoms with Gasteiger partial charge in [0.2, 0.25) is 0 Å². The van der Waals surface area contributed by atoms with Crippen molar-refractivity contribution in [1.29, 1.82) is 0 Å². The molecule has 0 aromatic carbocycles. The normalized spacial score (nSPS) is 12.1. The zero-order valence-electron chi connectivity index (χ0n) is 11.8. The summed E-state index contributed by atoms with van der Waals surface area (Å²) in [4.78, 5) is 17.2. The van der Waals surface area contributed by atoms with Crippen LogP contribution in [0.3, 0.4) is 0 Å². The molecule has 0 saturated carbocycles. The predicted octanol–water partition coefficient (Wildman–Crippen LogP) is 2.14. The number of aromatic nitrogens is 6. The lowest BCUT2D eigenvalue weighted by molar-refractivity contribution is 0.789. The number of aromatic amines is 1. The molecule has 3 rings (SSSR count). The third kappa shape index (κ3) is 3.02. The molecule has 3 aromatic rings. The van der Waals surface area contributed by atoms with Crippen LogP contribution in [0, 0.1) is 6.92 Å². The van der Waals surface area contributed by atoms with E-state index in [0.29, 0.717) is 5.82 Å². The van der Waals surface area contributed by atoms with E-state index >= 15 is 0 Å². The fraction of sp³-hybridized carbons (Fsp3) is 0.214. The van der Waals surface area contributed by atoms with E-state index in [0.717, 1.165) is 22.9 Å². The maximum atomic E-state index is 4.53. The van der Waals surface area contributed by atoms with Gasteiger partial charge in [0, 0.05) is 29.7 Å². The van der Waals surface area contributed by atoms with Gasteiger partial charge < -0.3 is 5.32 Å². The van der Waals surface area contributed by atoms with E-state index in [4.69, 9.17) is 0 Å². The van der Waals surface area contributed by atoms with Gasteiger partial charge in [-0.1, -0.05) is 0 Å². The molecular formula is C14H15N7. The van der Waals surface area contributed by atoms with Crippen LogP contribution in [0.5, 0.6) is 0 Å². The summed E-state index contributed by atoms with van der Waals surface area (Å²) in [6.07, 6.45) is 4.96. The van der Waals surface area contributed by atoms with Gasteiger partial charge in [0.25, 0.3) is 0 Å². The fourth-order valence-corrected chi connectivity index (χ4v) is 1.98. The number of hydrogen-bond donors (Lipinski definition) is 2. The molecule has 2 N–H and O–H groups in total. The van der Waals surface area contributed by atoms with Crippen LogP contribution in [0.1, 0.15) is 24.5 Å². The number of H-pyrrole nitrogens is 1. The highest BCUT2D eigenvalue weighted by molar-refractivity contribution is 5.56. The van der Waals surface area contributed by atoms with E-state index in [1.165, 1.54) is 6.33 Å². The maximum Gasteiger partial charge on any atom is 0.163 e. The predicted molar refractivity (Wildman–Crippen MR) is 78.4 cm³/mol. The van der Waals surface area contributed by atoms with Gasteiger partial charge in [-0.2, -0.15) is 5.10 Å². The van der Waals surface area contributed by atoms with Crippen LogP contribution in [0.2, 0.25) is 0 Å². The molecule has 7 heteroatoms. The van der Waals surface area contributed by atoms with Gasteiger partial charge in [-0.3, -0.25) is 10.1 Å².